The van der Waals surface area contributed by atoms with Crippen LogP contribution in [0.4, 0.5) is 0 Å². The van der Waals surface area contributed by atoms with Crippen LogP contribution in [-0.2, 0) is 11.2 Å². The largest absolute Gasteiger partial charge is 0.481 e. The van der Waals surface area contributed by atoms with Crippen molar-refractivity contribution in [2.45, 2.75) is 52.0 Å². The number of hydrogen-bond donors (Lipinski definition) is 1. The fourth-order valence-electron chi connectivity index (χ4n) is 3.83. The molecule has 29 heavy (non-hydrogen) atoms. The van der Waals surface area contributed by atoms with Crippen LogP contribution in [0.5, 0.6) is 5.88 Å². The predicted octanol–water partition coefficient (Wildman–Crippen LogP) is 3.38. The summed E-state index contributed by atoms with van der Waals surface area (Å²) < 4.78 is 5.50. The van der Waals surface area contributed by atoms with E-state index in [1.54, 1.807) is 7.11 Å². The minimum absolute atomic E-state index is 0.00804. The Labute approximate surface area is 173 Å². The van der Waals surface area contributed by atoms with E-state index in [1.807, 2.05) is 37.3 Å². The standard InChI is InChI=1S/C23H32N4O2/c1-4-19(16-27-13-9-6-10-14-27)25-21(28)15-20-17(2)24-22(26-23(20)29-3)18-11-7-5-8-12-18/h5,7-8,11-12,19H,4,6,9-10,13-16H2,1-3H3,(H,25,28)/t19-/m0/s1. The fraction of sp³-hybridized carbons (Fsp3) is 0.522. The second-order valence-electron chi connectivity index (χ2n) is 7.70. The Balaban J connectivity index is 1.68. The molecule has 6 nitrogen and oxygen atoms in total. The molecular weight excluding hydrogens is 364 g/mol. The molecule has 0 radical (unpaired) electrons. The number of aromatic nitrogens is 2. The molecule has 1 amide bonds. The van der Waals surface area contributed by atoms with Gasteiger partial charge in [0, 0.05) is 29.4 Å². The van der Waals surface area contributed by atoms with E-state index in [9.17, 15) is 4.79 Å². The van der Waals surface area contributed by atoms with E-state index in [4.69, 9.17) is 4.74 Å². The first-order valence-electron chi connectivity index (χ1n) is 10.6. The van der Waals surface area contributed by atoms with Gasteiger partial charge in [0.15, 0.2) is 5.82 Å². The average molecular weight is 397 g/mol. The summed E-state index contributed by atoms with van der Waals surface area (Å²) in [5, 5.41) is 3.20. The van der Waals surface area contributed by atoms with Crippen molar-refractivity contribution in [3.63, 3.8) is 0 Å². The van der Waals surface area contributed by atoms with Gasteiger partial charge < -0.3 is 15.0 Å². The average Bonchev–Trinajstić information content (AvgIpc) is 2.75. The van der Waals surface area contributed by atoms with E-state index in [2.05, 4.69) is 27.1 Å². The third-order valence-corrected chi connectivity index (χ3v) is 5.52. The van der Waals surface area contributed by atoms with Gasteiger partial charge in [-0.2, -0.15) is 4.98 Å². The molecule has 1 aromatic heterocycles. The Morgan fingerprint density at radius 3 is 2.55 bits per heavy atom. The van der Waals surface area contributed by atoms with Crippen LogP contribution in [0.2, 0.25) is 0 Å². The van der Waals surface area contributed by atoms with Crippen molar-refractivity contribution in [2.24, 2.45) is 0 Å². The molecule has 1 aromatic carbocycles. The number of benzene rings is 1. The van der Waals surface area contributed by atoms with Crippen LogP contribution < -0.4 is 10.1 Å². The number of likely N-dealkylation sites (tertiary alicyclic amines) is 1. The molecule has 0 saturated carbocycles. The molecule has 1 fully saturated rings. The first kappa shape index (κ1) is 21.2. The summed E-state index contributed by atoms with van der Waals surface area (Å²) in [7, 11) is 1.59. The third-order valence-electron chi connectivity index (χ3n) is 5.52. The van der Waals surface area contributed by atoms with Crippen LogP contribution in [-0.4, -0.2) is 53.6 Å². The molecule has 2 aromatic rings. The zero-order valence-electron chi connectivity index (χ0n) is 17.8. The zero-order chi connectivity index (χ0) is 20.6. The summed E-state index contributed by atoms with van der Waals surface area (Å²) >= 11 is 0. The summed E-state index contributed by atoms with van der Waals surface area (Å²) in [6.07, 6.45) is 4.97. The molecule has 1 aliphatic heterocycles. The van der Waals surface area contributed by atoms with Gasteiger partial charge in [-0.05, 0) is 39.3 Å². The maximum absolute atomic E-state index is 12.8. The second-order valence-corrected chi connectivity index (χ2v) is 7.70. The Hall–Kier alpha value is -2.47. The van der Waals surface area contributed by atoms with E-state index >= 15 is 0 Å². The predicted molar refractivity (Wildman–Crippen MR) is 115 cm³/mol. The molecule has 0 aliphatic carbocycles. The number of nitrogens with one attached hydrogen (secondary N) is 1. The molecule has 0 unspecified atom stereocenters. The number of methoxy groups -OCH3 is 1. The van der Waals surface area contributed by atoms with Crippen LogP contribution in [0.3, 0.4) is 0 Å². The highest BCUT2D eigenvalue weighted by molar-refractivity contribution is 5.80. The summed E-state index contributed by atoms with van der Waals surface area (Å²) in [6, 6.07) is 9.96. The third kappa shape index (κ3) is 5.76. The van der Waals surface area contributed by atoms with Gasteiger partial charge >= 0.3 is 0 Å². The summed E-state index contributed by atoms with van der Waals surface area (Å²) in [5.41, 5.74) is 2.45. The van der Waals surface area contributed by atoms with E-state index in [1.165, 1.54) is 19.3 Å². The fourth-order valence-corrected chi connectivity index (χ4v) is 3.83. The normalized spacial score (nSPS) is 15.7. The second kappa shape index (κ2) is 10.3. The maximum Gasteiger partial charge on any atom is 0.224 e. The highest BCUT2D eigenvalue weighted by Crippen LogP contribution is 2.24. The van der Waals surface area contributed by atoms with Crippen LogP contribution in [0.15, 0.2) is 30.3 Å². The molecule has 6 heteroatoms. The van der Waals surface area contributed by atoms with Gasteiger partial charge in [0.1, 0.15) is 0 Å². The van der Waals surface area contributed by atoms with Crippen LogP contribution in [0.25, 0.3) is 11.4 Å². The first-order chi connectivity index (χ1) is 14.1. The summed E-state index contributed by atoms with van der Waals surface area (Å²) in [6.45, 7) is 7.22. The number of aryl methyl sites for hydroxylation is 1. The van der Waals surface area contributed by atoms with Gasteiger partial charge in [-0.25, -0.2) is 4.98 Å². The lowest BCUT2D eigenvalue weighted by Crippen LogP contribution is -2.45. The molecule has 3 rings (SSSR count). The Morgan fingerprint density at radius 2 is 1.90 bits per heavy atom. The highest BCUT2D eigenvalue weighted by Gasteiger charge is 2.20. The van der Waals surface area contributed by atoms with Crippen molar-refractivity contribution in [3.05, 3.63) is 41.6 Å². The first-order valence-corrected chi connectivity index (χ1v) is 10.6. The molecule has 1 saturated heterocycles. The van der Waals surface area contributed by atoms with Crippen molar-refractivity contribution in [1.82, 2.24) is 20.2 Å². The molecule has 1 aliphatic rings. The van der Waals surface area contributed by atoms with Crippen molar-refractivity contribution in [1.29, 1.82) is 0 Å². The lowest BCUT2D eigenvalue weighted by atomic mass is 10.1. The minimum atomic E-state index is -0.00804. The van der Waals surface area contributed by atoms with E-state index in [0.717, 1.165) is 42.9 Å². The topological polar surface area (TPSA) is 67.4 Å². The van der Waals surface area contributed by atoms with Crippen molar-refractivity contribution < 1.29 is 9.53 Å². The van der Waals surface area contributed by atoms with E-state index in [0.29, 0.717) is 11.7 Å². The van der Waals surface area contributed by atoms with E-state index < -0.39 is 0 Å². The van der Waals surface area contributed by atoms with Crippen molar-refractivity contribution in [2.75, 3.05) is 26.7 Å². The van der Waals surface area contributed by atoms with Gasteiger partial charge in [-0.1, -0.05) is 43.7 Å². The van der Waals surface area contributed by atoms with Gasteiger partial charge in [-0.3, -0.25) is 4.79 Å². The number of nitrogens with zero attached hydrogens (tertiary/aromatic N) is 3. The summed E-state index contributed by atoms with van der Waals surface area (Å²) in [5.74, 6) is 1.07. The highest BCUT2D eigenvalue weighted by atomic mass is 16.5. The van der Waals surface area contributed by atoms with Gasteiger partial charge in [0.25, 0.3) is 0 Å². The Kier molecular flexibility index (Phi) is 7.58. The monoisotopic (exact) mass is 396 g/mol. The molecule has 156 valence electrons. The van der Waals surface area contributed by atoms with Gasteiger partial charge in [0.2, 0.25) is 11.8 Å². The molecular formula is C23H32N4O2. The lowest BCUT2D eigenvalue weighted by Gasteiger charge is -2.30. The van der Waals surface area contributed by atoms with Crippen LogP contribution in [0, 0.1) is 6.92 Å². The maximum atomic E-state index is 12.8. The SMILES string of the molecule is CC[C@@H](CN1CCCCC1)NC(=O)Cc1c(C)nc(-c2ccccc2)nc1OC. The van der Waals surface area contributed by atoms with Gasteiger partial charge in [-0.15, -0.1) is 0 Å². The zero-order valence-corrected chi connectivity index (χ0v) is 17.8. The Bertz CT molecular complexity index is 804. The van der Waals surface area contributed by atoms with Crippen molar-refractivity contribution >= 4 is 5.91 Å². The number of piperidine rings is 1. The number of carbonyl (C=O) groups excluding carboxylic acids is 1. The summed E-state index contributed by atoms with van der Waals surface area (Å²) in [4.78, 5) is 24.4. The van der Waals surface area contributed by atoms with E-state index in [-0.39, 0.29) is 18.4 Å². The van der Waals surface area contributed by atoms with Gasteiger partial charge in [0.05, 0.1) is 13.5 Å². The Morgan fingerprint density at radius 1 is 1.17 bits per heavy atom. The number of ether oxygens (including phenoxy) is 1. The molecule has 1 atom stereocenters. The molecule has 2 heterocycles. The smallest absolute Gasteiger partial charge is 0.224 e. The number of carbonyl (C=O) groups is 1. The quantitative estimate of drug-likeness (QED) is 0.741. The van der Waals surface area contributed by atoms with Crippen LogP contribution >= 0.6 is 0 Å². The van der Waals surface area contributed by atoms with Crippen molar-refractivity contribution in [3.8, 4) is 17.3 Å². The molecule has 0 bridgehead atoms. The number of amides is 1. The molecule has 0 spiro atoms. The molecule has 1 N–H and O–H groups in total. The van der Waals surface area contributed by atoms with Crippen LogP contribution in [0.1, 0.15) is 43.9 Å². The number of hydrogen-bond acceptors (Lipinski definition) is 5. The minimum Gasteiger partial charge on any atom is -0.481 e. The number of rotatable bonds is 8. The lowest BCUT2D eigenvalue weighted by molar-refractivity contribution is -0.121.